The second-order valence-electron chi connectivity index (χ2n) is 6.74. The molecule has 0 N–H and O–H groups in total. The van der Waals surface area contributed by atoms with E-state index in [0.717, 1.165) is 23.2 Å². The van der Waals surface area contributed by atoms with E-state index in [-0.39, 0.29) is 25.2 Å². The number of halogens is 2. The number of fused-ring (bicyclic) bond motifs is 2. The van der Waals surface area contributed by atoms with Crippen LogP contribution in [-0.4, -0.2) is 26.7 Å². The van der Waals surface area contributed by atoms with Gasteiger partial charge in [-0.05, 0) is 47.9 Å². The number of carbonyl (C=O) groups is 1. The van der Waals surface area contributed by atoms with Gasteiger partial charge in [0.25, 0.3) is 5.91 Å². The Morgan fingerprint density at radius 1 is 1.21 bits per heavy atom. The van der Waals surface area contributed by atoms with Gasteiger partial charge in [-0.15, -0.1) is 11.3 Å². The Morgan fingerprint density at radius 2 is 2.00 bits per heavy atom. The molecule has 1 aliphatic rings. The molecule has 7 heteroatoms. The normalized spacial score (nSPS) is 15.8. The van der Waals surface area contributed by atoms with Crippen LogP contribution in [0.4, 0.5) is 4.39 Å². The lowest BCUT2D eigenvalue weighted by Gasteiger charge is -2.36. The zero-order valence-electron chi connectivity index (χ0n) is 14.7. The number of aromatic nitrogens is 2. The Bertz CT molecular complexity index is 1180. The molecule has 0 radical (unpaired) electrons. The summed E-state index contributed by atoms with van der Waals surface area (Å²) >= 11 is 7.82. The van der Waals surface area contributed by atoms with Crippen molar-refractivity contribution in [1.29, 1.82) is 0 Å². The molecule has 4 aromatic rings. The maximum atomic E-state index is 13.5. The number of carbonyl (C=O) groups excluding carboxylic acids is 1. The van der Waals surface area contributed by atoms with Gasteiger partial charge >= 0.3 is 0 Å². The number of hydrogen-bond acceptors (Lipinski definition) is 3. The maximum Gasteiger partial charge on any atom is 0.256 e. The Balaban J connectivity index is 0.00000205. The van der Waals surface area contributed by atoms with E-state index in [2.05, 4.69) is 4.98 Å². The molecular weight excluding hydrogens is 409 g/mol. The van der Waals surface area contributed by atoms with Crippen molar-refractivity contribution < 1.29 is 9.18 Å². The number of thiophene rings is 1. The number of pyridine rings is 1. The topological polar surface area (TPSA) is 37.6 Å². The third kappa shape index (κ3) is 3.43. The van der Waals surface area contributed by atoms with Crippen LogP contribution in [0.1, 0.15) is 39.8 Å². The molecule has 1 amide bonds. The summed E-state index contributed by atoms with van der Waals surface area (Å²) in [6.45, 7) is 0.576. The summed E-state index contributed by atoms with van der Waals surface area (Å²) in [6.07, 6.45) is 6.06. The number of benzene rings is 1. The van der Waals surface area contributed by atoms with E-state index in [9.17, 15) is 9.18 Å². The summed E-state index contributed by atoms with van der Waals surface area (Å²) in [5, 5.41) is 0. The van der Waals surface area contributed by atoms with Crippen LogP contribution in [0, 0.1) is 5.82 Å². The van der Waals surface area contributed by atoms with Crippen LogP contribution >= 0.6 is 22.9 Å². The second-order valence-corrected chi connectivity index (χ2v) is 8.51. The van der Waals surface area contributed by atoms with E-state index in [1.165, 1.54) is 17.0 Å². The summed E-state index contributed by atoms with van der Waals surface area (Å²) in [4.78, 5) is 20.7. The van der Waals surface area contributed by atoms with Gasteiger partial charge in [0.15, 0.2) is 0 Å². The Labute approximate surface area is 177 Å². The van der Waals surface area contributed by atoms with Gasteiger partial charge in [-0.25, -0.2) is 9.37 Å². The average molecular weight is 428 g/mol. The number of rotatable bonds is 2. The van der Waals surface area contributed by atoms with Crippen LogP contribution in [0.25, 0.3) is 5.65 Å². The average Bonchev–Trinajstić information content (AvgIpc) is 3.32. The van der Waals surface area contributed by atoms with Crippen molar-refractivity contribution in [3.8, 4) is 0 Å². The van der Waals surface area contributed by atoms with Gasteiger partial charge < -0.3 is 9.30 Å². The van der Waals surface area contributed by atoms with Crippen LogP contribution < -0.4 is 0 Å². The maximum absolute atomic E-state index is 13.5. The highest BCUT2D eigenvalue weighted by molar-refractivity contribution is 7.16. The van der Waals surface area contributed by atoms with Gasteiger partial charge in [-0.2, -0.15) is 0 Å². The number of nitrogens with zero attached hydrogens (tertiary/aromatic N) is 3. The van der Waals surface area contributed by atoms with Crippen molar-refractivity contribution in [1.82, 2.24) is 14.3 Å². The molecule has 1 unspecified atom stereocenters. The molecule has 1 atom stereocenters. The summed E-state index contributed by atoms with van der Waals surface area (Å²) in [5.41, 5.74) is 3.26. The fourth-order valence-corrected chi connectivity index (χ4v) is 5.09. The third-order valence-electron chi connectivity index (χ3n) is 5.08. The minimum atomic E-state index is -0.299. The summed E-state index contributed by atoms with van der Waals surface area (Å²) < 4.78 is 16.0. The standard InChI is InChI=1S/C21H15ClFN3OS.CH4/c22-18-11-16-17(28-18)7-9-26(20(16)13-1-4-15(23)5-2-13)21(27)14-3-6-19-24-8-10-25(19)12-14;/h1-6,8,10-12,20H,7,9H2;1H4. The molecule has 0 saturated carbocycles. The molecule has 0 spiro atoms. The summed E-state index contributed by atoms with van der Waals surface area (Å²) in [7, 11) is 0. The SMILES string of the molecule is C.O=C(c1ccc2nccn2c1)N1CCc2sc(Cl)cc2C1c1ccc(F)cc1. The van der Waals surface area contributed by atoms with E-state index in [0.29, 0.717) is 16.4 Å². The molecule has 0 bridgehead atoms. The molecule has 0 saturated heterocycles. The van der Waals surface area contributed by atoms with Crippen molar-refractivity contribution in [2.45, 2.75) is 19.9 Å². The van der Waals surface area contributed by atoms with Gasteiger partial charge in [-0.3, -0.25) is 4.79 Å². The summed E-state index contributed by atoms with van der Waals surface area (Å²) in [6, 6.07) is 11.6. The predicted octanol–water partition coefficient (Wildman–Crippen LogP) is 5.61. The van der Waals surface area contributed by atoms with Crippen LogP contribution in [0.5, 0.6) is 0 Å². The molecule has 4 heterocycles. The first-order valence-electron chi connectivity index (χ1n) is 8.87. The van der Waals surface area contributed by atoms with Gasteiger partial charge in [0.2, 0.25) is 0 Å². The molecule has 1 aliphatic heterocycles. The van der Waals surface area contributed by atoms with E-state index in [1.807, 2.05) is 27.6 Å². The Hall–Kier alpha value is -2.70. The first-order chi connectivity index (χ1) is 13.6. The third-order valence-corrected chi connectivity index (χ3v) is 6.42. The highest BCUT2D eigenvalue weighted by Crippen LogP contribution is 2.41. The van der Waals surface area contributed by atoms with Crippen molar-refractivity contribution >= 4 is 34.5 Å². The lowest BCUT2D eigenvalue weighted by Crippen LogP contribution is -2.40. The molecule has 1 aromatic carbocycles. The summed E-state index contributed by atoms with van der Waals surface area (Å²) in [5.74, 6) is -0.371. The van der Waals surface area contributed by atoms with E-state index in [1.54, 1.807) is 41.9 Å². The van der Waals surface area contributed by atoms with Crippen LogP contribution in [-0.2, 0) is 6.42 Å². The molecule has 29 heavy (non-hydrogen) atoms. The number of hydrogen-bond donors (Lipinski definition) is 0. The molecule has 148 valence electrons. The van der Waals surface area contributed by atoms with Gasteiger partial charge in [0.1, 0.15) is 11.5 Å². The molecular formula is C22H19ClFN3OS. The smallest absolute Gasteiger partial charge is 0.256 e. The van der Waals surface area contributed by atoms with Gasteiger partial charge in [0, 0.05) is 30.0 Å². The first-order valence-corrected chi connectivity index (χ1v) is 10.1. The van der Waals surface area contributed by atoms with Crippen LogP contribution in [0.2, 0.25) is 4.34 Å². The van der Waals surface area contributed by atoms with Gasteiger partial charge in [-0.1, -0.05) is 31.2 Å². The van der Waals surface area contributed by atoms with Crippen molar-refractivity contribution in [3.63, 3.8) is 0 Å². The Kier molecular flexibility index (Phi) is 5.15. The first kappa shape index (κ1) is 19.6. The lowest BCUT2D eigenvalue weighted by molar-refractivity contribution is 0.0695. The second kappa shape index (κ2) is 7.61. The number of imidazole rings is 1. The highest BCUT2D eigenvalue weighted by Gasteiger charge is 2.34. The minimum Gasteiger partial charge on any atom is -0.327 e. The Morgan fingerprint density at radius 3 is 2.79 bits per heavy atom. The lowest BCUT2D eigenvalue weighted by atomic mass is 9.92. The molecule has 5 rings (SSSR count). The van der Waals surface area contributed by atoms with E-state index in [4.69, 9.17) is 11.6 Å². The van der Waals surface area contributed by atoms with Crippen LogP contribution in [0.3, 0.4) is 0 Å². The monoisotopic (exact) mass is 427 g/mol. The predicted molar refractivity (Wildman–Crippen MR) is 114 cm³/mol. The van der Waals surface area contributed by atoms with E-state index >= 15 is 0 Å². The molecule has 0 fully saturated rings. The zero-order valence-corrected chi connectivity index (χ0v) is 16.3. The quantitative estimate of drug-likeness (QED) is 0.417. The largest absolute Gasteiger partial charge is 0.327 e. The van der Waals surface area contributed by atoms with Crippen LogP contribution in [0.15, 0.2) is 61.1 Å². The van der Waals surface area contributed by atoms with Gasteiger partial charge in [0.05, 0.1) is 15.9 Å². The van der Waals surface area contributed by atoms with E-state index < -0.39 is 0 Å². The fraction of sp³-hybridized carbons (Fsp3) is 0.182. The molecule has 0 aliphatic carbocycles. The molecule has 4 nitrogen and oxygen atoms in total. The van der Waals surface area contributed by atoms with Crippen molar-refractivity contribution in [3.05, 3.63) is 92.8 Å². The van der Waals surface area contributed by atoms with Crippen molar-refractivity contribution in [2.75, 3.05) is 6.54 Å². The minimum absolute atomic E-state index is 0. The molecule has 3 aromatic heterocycles. The zero-order chi connectivity index (χ0) is 19.3. The fourth-order valence-electron chi connectivity index (χ4n) is 3.79. The van der Waals surface area contributed by atoms with Crippen molar-refractivity contribution in [2.24, 2.45) is 0 Å². The highest BCUT2D eigenvalue weighted by atomic mass is 35.5. The number of amides is 1.